The van der Waals surface area contributed by atoms with Crippen LogP contribution < -0.4 is 15.0 Å². The van der Waals surface area contributed by atoms with E-state index in [0.29, 0.717) is 25.4 Å². The van der Waals surface area contributed by atoms with E-state index in [2.05, 4.69) is 10.2 Å². The zero-order valence-corrected chi connectivity index (χ0v) is 19.9. The van der Waals surface area contributed by atoms with Crippen LogP contribution in [0.15, 0.2) is 47.4 Å². The third-order valence-corrected chi connectivity index (χ3v) is 8.27. The second-order valence-electron chi connectivity index (χ2n) is 8.43. The standard InChI is InChI=1S/C24H31N3O5S/c1-18-6-3-4-11-27(18)33(29,30)23-16-19(9-10-22(23)31-2)24(28)25-20-7-5-8-21(17-20)26-12-14-32-15-13-26/h5,7-10,16-18H,3-4,6,11-15H2,1-2H3,(H,25,28). The highest BCUT2D eigenvalue weighted by Crippen LogP contribution is 2.32. The van der Waals surface area contributed by atoms with E-state index >= 15 is 0 Å². The normalized spacial score (nSPS) is 19.8. The van der Waals surface area contributed by atoms with Crippen molar-refractivity contribution in [2.24, 2.45) is 0 Å². The number of piperidine rings is 1. The number of ether oxygens (including phenoxy) is 2. The van der Waals surface area contributed by atoms with Crippen molar-refractivity contribution in [1.29, 1.82) is 0 Å². The van der Waals surface area contributed by atoms with Crippen molar-refractivity contribution in [2.75, 3.05) is 50.2 Å². The molecule has 9 heteroatoms. The molecule has 4 rings (SSSR count). The smallest absolute Gasteiger partial charge is 0.255 e. The average Bonchev–Trinajstić information content (AvgIpc) is 2.84. The molecule has 2 aromatic carbocycles. The van der Waals surface area contributed by atoms with E-state index in [-0.39, 0.29) is 28.2 Å². The lowest BCUT2D eigenvalue weighted by atomic mass is 10.1. The SMILES string of the molecule is COc1ccc(C(=O)Nc2cccc(N3CCOCC3)c2)cc1S(=O)(=O)N1CCCCC1C. The van der Waals surface area contributed by atoms with Crippen LogP contribution in [0.5, 0.6) is 5.75 Å². The van der Waals surface area contributed by atoms with Crippen molar-refractivity contribution in [3.8, 4) is 5.75 Å². The summed E-state index contributed by atoms with van der Waals surface area (Å²) in [5.74, 6) is -0.140. The van der Waals surface area contributed by atoms with Crippen LogP contribution in [-0.4, -0.2) is 64.6 Å². The van der Waals surface area contributed by atoms with Crippen LogP contribution in [0.3, 0.4) is 0 Å². The molecule has 1 atom stereocenters. The molecule has 1 N–H and O–H groups in total. The fourth-order valence-corrected chi connectivity index (χ4v) is 6.26. The first kappa shape index (κ1) is 23.5. The van der Waals surface area contributed by atoms with Crippen LogP contribution in [0.1, 0.15) is 36.5 Å². The third kappa shape index (κ3) is 5.15. The molecule has 0 bridgehead atoms. The summed E-state index contributed by atoms with van der Waals surface area (Å²) in [6.07, 6.45) is 2.66. The van der Waals surface area contributed by atoms with Crippen LogP contribution in [0.4, 0.5) is 11.4 Å². The molecular formula is C24H31N3O5S. The Morgan fingerprint density at radius 2 is 1.88 bits per heavy atom. The summed E-state index contributed by atoms with van der Waals surface area (Å²) in [6.45, 7) is 5.33. The summed E-state index contributed by atoms with van der Waals surface area (Å²) in [4.78, 5) is 15.3. The molecule has 0 aliphatic carbocycles. The number of rotatable bonds is 6. The first-order valence-electron chi connectivity index (χ1n) is 11.3. The third-order valence-electron chi connectivity index (χ3n) is 6.23. The number of sulfonamides is 1. The van der Waals surface area contributed by atoms with E-state index in [9.17, 15) is 13.2 Å². The van der Waals surface area contributed by atoms with Gasteiger partial charge in [0, 0.05) is 42.6 Å². The molecule has 2 aliphatic rings. The lowest BCUT2D eigenvalue weighted by Gasteiger charge is -2.32. The Labute approximate surface area is 195 Å². The number of methoxy groups -OCH3 is 1. The van der Waals surface area contributed by atoms with Crippen LogP contribution in [0, 0.1) is 0 Å². The monoisotopic (exact) mass is 473 g/mol. The van der Waals surface area contributed by atoms with Gasteiger partial charge in [-0.15, -0.1) is 0 Å². The van der Waals surface area contributed by atoms with E-state index in [1.165, 1.54) is 17.5 Å². The Morgan fingerprint density at radius 3 is 2.61 bits per heavy atom. The maximum atomic E-state index is 13.4. The van der Waals surface area contributed by atoms with Crippen molar-refractivity contribution >= 4 is 27.3 Å². The Morgan fingerprint density at radius 1 is 1.09 bits per heavy atom. The van der Waals surface area contributed by atoms with Gasteiger partial charge in [-0.05, 0) is 56.2 Å². The molecule has 33 heavy (non-hydrogen) atoms. The molecule has 8 nitrogen and oxygen atoms in total. The predicted molar refractivity (Wildman–Crippen MR) is 128 cm³/mol. The highest BCUT2D eigenvalue weighted by Gasteiger charge is 2.33. The maximum absolute atomic E-state index is 13.4. The second kappa shape index (κ2) is 10.1. The fraction of sp³-hybridized carbons (Fsp3) is 0.458. The van der Waals surface area contributed by atoms with E-state index < -0.39 is 10.0 Å². The van der Waals surface area contributed by atoms with Crippen LogP contribution in [0.2, 0.25) is 0 Å². The molecular weight excluding hydrogens is 442 g/mol. The summed E-state index contributed by atoms with van der Waals surface area (Å²) in [7, 11) is -2.36. The lowest BCUT2D eigenvalue weighted by molar-refractivity contribution is 0.102. The van der Waals surface area contributed by atoms with E-state index in [0.717, 1.165) is 38.0 Å². The molecule has 2 fully saturated rings. The molecule has 178 valence electrons. The lowest BCUT2D eigenvalue weighted by Crippen LogP contribution is -2.42. The molecule has 0 radical (unpaired) electrons. The van der Waals surface area contributed by atoms with Gasteiger partial charge in [0.15, 0.2) is 0 Å². The number of morpholine rings is 1. The minimum absolute atomic E-state index is 0.0217. The zero-order valence-electron chi connectivity index (χ0n) is 19.1. The number of nitrogens with one attached hydrogen (secondary N) is 1. The number of carbonyl (C=O) groups is 1. The number of amides is 1. The van der Waals surface area contributed by atoms with Gasteiger partial charge in [-0.25, -0.2) is 8.42 Å². The van der Waals surface area contributed by atoms with E-state index in [4.69, 9.17) is 9.47 Å². The average molecular weight is 474 g/mol. The fourth-order valence-electron chi connectivity index (χ4n) is 4.38. The van der Waals surface area contributed by atoms with Crippen molar-refractivity contribution in [2.45, 2.75) is 37.1 Å². The van der Waals surface area contributed by atoms with Gasteiger partial charge in [0.2, 0.25) is 10.0 Å². The predicted octanol–water partition coefficient (Wildman–Crippen LogP) is 3.35. The van der Waals surface area contributed by atoms with Gasteiger partial charge >= 0.3 is 0 Å². The zero-order chi connectivity index (χ0) is 23.4. The van der Waals surface area contributed by atoms with Gasteiger partial charge in [0.1, 0.15) is 10.6 Å². The number of hydrogen-bond acceptors (Lipinski definition) is 6. The summed E-state index contributed by atoms with van der Waals surface area (Å²) in [6, 6.07) is 12.1. The second-order valence-corrected chi connectivity index (χ2v) is 10.3. The van der Waals surface area contributed by atoms with E-state index in [1.54, 1.807) is 12.1 Å². The van der Waals surface area contributed by atoms with Crippen LogP contribution in [0.25, 0.3) is 0 Å². The van der Waals surface area contributed by atoms with Crippen molar-refractivity contribution < 1.29 is 22.7 Å². The highest BCUT2D eigenvalue weighted by molar-refractivity contribution is 7.89. The van der Waals surface area contributed by atoms with Crippen LogP contribution in [-0.2, 0) is 14.8 Å². The van der Waals surface area contributed by atoms with Gasteiger partial charge in [0.25, 0.3) is 5.91 Å². The Kier molecular flexibility index (Phi) is 7.21. The van der Waals surface area contributed by atoms with Gasteiger partial charge in [-0.2, -0.15) is 4.31 Å². The van der Waals surface area contributed by atoms with Gasteiger partial charge in [-0.1, -0.05) is 12.5 Å². The van der Waals surface area contributed by atoms with Crippen molar-refractivity contribution in [3.63, 3.8) is 0 Å². The minimum atomic E-state index is -3.79. The summed E-state index contributed by atoms with van der Waals surface area (Å²) in [5, 5.41) is 2.90. The minimum Gasteiger partial charge on any atom is -0.495 e. The molecule has 0 aromatic heterocycles. The highest BCUT2D eigenvalue weighted by atomic mass is 32.2. The molecule has 0 saturated carbocycles. The van der Waals surface area contributed by atoms with Crippen molar-refractivity contribution in [1.82, 2.24) is 4.31 Å². The molecule has 1 amide bonds. The topological polar surface area (TPSA) is 88.2 Å². The molecule has 2 aliphatic heterocycles. The molecule has 2 heterocycles. The van der Waals surface area contributed by atoms with Crippen LogP contribution >= 0.6 is 0 Å². The molecule has 0 spiro atoms. The number of benzene rings is 2. The summed E-state index contributed by atoms with van der Waals surface area (Å²) in [5.41, 5.74) is 1.91. The number of anilines is 2. The number of carbonyl (C=O) groups excluding carboxylic acids is 1. The number of hydrogen-bond donors (Lipinski definition) is 1. The number of nitrogens with zero attached hydrogens (tertiary/aromatic N) is 2. The molecule has 1 unspecified atom stereocenters. The quantitative estimate of drug-likeness (QED) is 0.692. The summed E-state index contributed by atoms with van der Waals surface area (Å²) >= 11 is 0. The largest absolute Gasteiger partial charge is 0.495 e. The maximum Gasteiger partial charge on any atom is 0.255 e. The van der Waals surface area contributed by atoms with E-state index in [1.807, 2.05) is 31.2 Å². The Hall–Kier alpha value is -2.62. The van der Waals surface area contributed by atoms with Crippen molar-refractivity contribution in [3.05, 3.63) is 48.0 Å². The van der Waals surface area contributed by atoms with Gasteiger partial charge < -0.3 is 19.7 Å². The molecule has 2 saturated heterocycles. The summed E-state index contributed by atoms with van der Waals surface area (Å²) < 4.78 is 39.1. The first-order valence-corrected chi connectivity index (χ1v) is 12.8. The Bertz CT molecular complexity index is 1100. The van der Waals surface area contributed by atoms with Gasteiger partial charge in [-0.3, -0.25) is 4.79 Å². The van der Waals surface area contributed by atoms with Gasteiger partial charge in [0.05, 0.1) is 20.3 Å². The first-order chi connectivity index (χ1) is 15.9. The Balaban J connectivity index is 1.58. The molecule has 2 aromatic rings.